The molecule has 3 nitrogen and oxygen atoms in total. The van der Waals surface area contributed by atoms with Gasteiger partial charge in [0, 0.05) is 10.9 Å². The number of para-hydroxylation sites is 1. The van der Waals surface area contributed by atoms with Gasteiger partial charge in [-0.25, -0.2) is 0 Å². The molecule has 0 heterocycles. The SMILES string of the molecule is OP(O)Oc1c(-c2ccccc2)cccc1P(c1ccccc1)c1ccccc1. The summed E-state index contributed by atoms with van der Waals surface area (Å²) < 4.78 is 5.65. The summed E-state index contributed by atoms with van der Waals surface area (Å²) in [6, 6.07) is 36.4. The van der Waals surface area contributed by atoms with Crippen LogP contribution in [0, 0.1) is 0 Å². The van der Waals surface area contributed by atoms with E-state index in [1.807, 2.05) is 84.9 Å². The highest BCUT2D eigenvalue weighted by atomic mass is 31.2. The Morgan fingerprint density at radius 3 is 1.59 bits per heavy atom. The van der Waals surface area contributed by atoms with E-state index in [0.717, 1.165) is 16.4 Å². The van der Waals surface area contributed by atoms with E-state index in [9.17, 15) is 9.79 Å². The Morgan fingerprint density at radius 1 is 0.552 bits per heavy atom. The first-order valence-corrected chi connectivity index (χ1v) is 11.7. The molecule has 5 heteroatoms. The van der Waals surface area contributed by atoms with E-state index in [0.29, 0.717) is 5.75 Å². The van der Waals surface area contributed by atoms with Gasteiger partial charge in [0.2, 0.25) is 0 Å². The van der Waals surface area contributed by atoms with Crippen LogP contribution in [0.3, 0.4) is 0 Å². The molecule has 0 aromatic heterocycles. The molecule has 0 amide bonds. The lowest BCUT2D eigenvalue weighted by atomic mass is 10.1. The predicted octanol–water partition coefficient (Wildman–Crippen LogP) is 4.70. The second-order valence-corrected chi connectivity index (χ2v) is 9.24. The summed E-state index contributed by atoms with van der Waals surface area (Å²) in [5.74, 6) is 0.522. The molecule has 0 fully saturated rings. The minimum absolute atomic E-state index is 0.522. The Labute approximate surface area is 173 Å². The second kappa shape index (κ2) is 9.31. The van der Waals surface area contributed by atoms with Crippen LogP contribution in [0.4, 0.5) is 0 Å². The molecule has 0 unspecified atom stereocenters. The summed E-state index contributed by atoms with van der Waals surface area (Å²) in [5, 5.41) is 3.29. The Hall–Kier alpha value is -2.54. The first-order valence-electron chi connectivity index (χ1n) is 9.18. The second-order valence-electron chi connectivity index (χ2n) is 6.37. The molecular weight excluding hydrogens is 398 g/mol. The summed E-state index contributed by atoms with van der Waals surface area (Å²) in [6.45, 7) is 0. The van der Waals surface area contributed by atoms with Gasteiger partial charge in [-0.15, -0.1) is 0 Å². The molecule has 4 aromatic carbocycles. The van der Waals surface area contributed by atoms with Crippen molar-refractivity contribution in [2.24, 2.45) is 0 Å². The van der Waals surface area contributed by atoms with Crippen LogP contribution in [-0.2, 0) is 0 Å². The Balaban J connectivity index is 1.95. The highest BCUT2D eigenvalue weighted by Gasteiger charge is 2.24. The maximum absolute atomic E-state index is 9.73. The molecule has 4 rings (SSSR count). The molecule has 0 aliphatic rings. The van der Waals surface area contributed by atoms with Crippen molar-refractivity contribution in [2.45, 2.75) is 0 Å². The molecule has 0 aliphatic carbocycles. The first-order chi connectivity index (χ1) is 14.2. The van der Waals surface area contributed by atoms with Crippen molar-refractivity contribution in [3.05, 3.63) is 109 Å². The Kier molecular flexibility index (Phi) is 6.34. The van der Waals surface area contributed by atoms with Crippen LogP contribution in [0.1, 0.15) is 0 Å². The average Bonchev–Trinajstić information content (AvgIpc) is 2.77. The molecular formula is C24H20O3P2. The zero-order valence-electron chi connectivity index (χ0n) is 15.6. The van der Waals surface area contributed by atoms with Crippen molar-refractivity contribution < 1.29 is 14.3 Å². The van der Waals surface area contributed by atoms with Crippen molar-refractivity contribution >= 4 is 32.4 Å². The lowest BCUT2D eigenvalue weighted by molar-refractivity contribution is 0.377. The van der Waals surface area contributed by atoms with Gasteiger partial charge in [0.15, 0.2) is 0 Å². The minimum atomic E-state index is -2.55. The third-order valence-corrected chi connectivity index (χ3v) is 7.33. The fourth-order valence-electron chi connectivity index (χ4n) is 3.30. The van der Waals surface area contributed by atoms with E-state index in [2.05, 4.69) is 24.3 Å². The van der Waals surface area contributed by atoms with E-state index < -0.39 is 16.5 Å². The van der Waals surface area contributed by atoms with Gasteiger partial charge in [-0.05, 0) is 24.1 Å². The summed E-state index contributed by atoms with van der Waals surface area (Å²) in [7, 11) is -3.49. The first kappa shape index (κ1) is 19.8. The van der Waals surface area contributed by atoms with Crippen LogP contribution >= 0.6 is 16.5 Å². The van der Waals surface area contributed by atoms with Gasteiger partial charge < -0.3 is 14.3 Å². The lowest BCUT2D eigenvalue weighted by Crippen LogP contribution is -2.22. The minimum Gasteiger partial charge on any atom is -0.426 e. The molecule has 0 saturated carbocycles. The standard InChI is InChI=1S/C24H20O3P2/c25-29(26)27-24-22(19-11-4-1-5-12-19)17-10-18-23(24)28(20-13-6-2-7-14-20)21-15-8-3-9-16-21/h1-18,25-26H. The third-order valence-electron chi connectivity index (χ3n) is 4.52. The molecule has 4 aromatic rings. The monoisotopic (exact) mass is 418 g/mol. The van der Waals surface area contributed by atoms with Gasteiger partial charge in [0.05, 0.1) is 0 Å². The van der Waals surface area contributed by atoms with Gasteiger partial charge in [-0.1, -0.05) is 109 Å². The molecule has 0 aliphatic heterocycles. The number of benzene rings is 4. The largest absolute Gasteiger partial charge is 0.426 e. The molecule has 2 N–H and O–H groups in total. The average molecular weight is 418 g/mol. The van der Waals surface area contributed by atoms with Crippen LogP contribution in [0.25, 0.3) is 11.1 Å². The number of hydrogen-bond acceptors (Lipinski definition) is 3. The van der Waals surface area contributed by atoms with Crippen LogP contribution in [0.2, 0.25) is 0 Å². The maximum atomic E-state index is 9.73. The van der Waals surface area contributed by atoms with E-state index in [1.54, 1.807) is 0 Å². The molecule has 29 heavy (non-hydrogen) atoms. The van der Waals surface area contributed by atoms with E-state index in [4.69, 9.17) is 4.52 Å². The van der Waals surface area contributed by atoms with Crippen LogP contribution in [-0.4, -0.2) is 9.79 Å². The van der Waals surface area contributed by atoms with Crippen molar-refractivity contribution in [2.75, 3.05) is 0 Å². The number of hydrogen-bond donors (Lipinski definition) is 2. The zero-order valence-corrected chi connectivity index (χ0v) is 17.4. The molecule has 0 bridgehead atoms. The summed E-state index contributed by atoms with van der Waals surface area (Å²) in [6.07, 6.45) is 0. The van der Waals surface area contributed by atoms with Crippen molar-refractivity contribution in [1.82, 2.24) is 0 Å². The fourth-order valence-corrected chi connectivity index (χ4v) is 6.14. The quantitative estimate of drug-likeness (QED) is 0.446. The summed E-state index contributed by atoms with van der Waals surface area (Å²) in [5.41, 5.74) is 1.82. The van der Waals surface area contributed by atoms with E-state index >= 15 is 0 Å². The van der Waals surface area contributed by atoms with Gasteiger partial charge in [0.1, 0.15) is 5.75 Å². The normalized spacial score (nSPS) is 11.0. The van der Waals surface area contributed by atoms with Crippen molar-refractivity contribution in [3.63, 3.8) is 0 Å². The summed E-state index contributed by atoms with van der Waals surface area (Å²) in [4.78, 5) is 19.5. The number of rotatable bonds is 6. The molecule has 0 radical (unpaired) electrons. The van der Waals surface area contributed by atoms with Crippen LogP contribution in [0.5, 0.6) is 5.75 Å². The van der Waals surface area contributed by atoms with Gasteiger partial charge >= 0.3 is 8.60 Å². The topological polar surface area (TPSA) is 49.7 Å². The highest BCUT2D eigenvalue weighted by Crippen LogP contribution is 2.43. The fraction of sp³-hybridized carbons (Fsp3) is 0. The van der Waals surface area contributed by atoms with Crippen LogP contribution in [0.15, 0.2) is 109 Å². The Morgan fingerprint density at radius 2 is 1.07 bits per heavy atom. The molecule has 0 atom stereocenters. The molecule has 0 spiro atoms. The van der Waals surface area contributed by atoms with E-state index in [1.165, 1.54) is 10.6 Å². The smallest absolute Gasteiger partial charge is 0.391 e. The molecule has 0 saturated heterocycles. The lowest BCUT2D eigenvalue weighted by Gasteiger charge is -2.24. The van der Waals surface area contributed by atoms with Gasteiger partial charge in [-0.3, -0.25) is 0 Å². The van der Waals surface area contributed by atoms with Gasteiger partial charge in [-0.2, -0.15) is 0 Å². The predicted molar refractivity (Wildman–Crippen MR) is 123 cm³/mol. The Bertz CT molecular complexity index is 1020. The van der Waals surface area contributed by atoms with E-state index in [-0.39, 0.29) is 0 Å². The zero-order chi connectivity index (χ0) is 20.1. The van der Waals surface area contributed by atoms with Crippen molar-refractivity contribution in [3.8, 4) is 16.9 Å². The van der Waals surface area contributed by atoms with Crippen LogP contribution < -0.4 is 20.4 Å². The highest BCUT2D eigenvalue weighted by molar-refractivity contribution is 7.80. The maximum Gasteiger partial charge on any atom is 0.391 e. The van der Waals surface area contributed by atoms with Gasteiger partial charge in [0.25, 0.3) is 0 Å². The molecule has 144 valence electrons. The summed E-state index contributed by atoms with van der Waals surface area (Å²) >= 11 is 0. The van der Waals surface area contributed by atoms with Crippen molar-refractivity contribution in [1.29, 1.82) is 0 Å². The third kappa shape index (κ3) is 4.56.